The molecule has 0 bridgehead atoms. The van der Waals surface area contributed by atoms with Gasteiger partial charge in [-0.2, -0.15) is 0 Å². The minimum absolute atomic E-state index is 0.0789. The second-order valence-electron chi connectivity index (χ2n) is 8.42. The molecule has 4 heteroatoms. The van der Waals surface area contributed by atoms with E-state index in [4.69, 9.17) is 4.98 Å². The van der Waals surface area contributed by atoms with E-state index in [0.717, 1.165) is 35.5 Å². The fourth-order valence-corrected chi connectivity index (χ4v) is 4.63. The average Bonchev–Trinajstić information content (AvgIpc) is 3.36. The summed E-state index contributed by atoms with van der Waals surface area (Å²) in [5, 5.41) is 0. The number of carbonyl (C=O) groups excluding carboxylic acids is 1. The maximum absolute atomic E-state index is 13.0. The van der Waals surface area contributed by atoms with Gasteiger partial charge in [-0.3, -0.25) is 4.79 Å². The second-order valence-corrected chi connectivity index (χ2v) is 8.42. The third-order valence-electron chi connectivity index (χ3n) is 6.30. The first-order valence-corrected chi connectivity index (χ1v) is 11.0. The van der Waals surface area contributed by atoms with E-state index < -0.39 is 0 Å². The molecule has 0 radical (unpaired) electrons. The topological polar surface area (TPSA) is 38.1 Å². The Hall–Kier alpha value is -3.40. The van der Waals surface area contributed by atoms with Crippen LogP contribution in [0.5, 0.6) is 0 Å². The second kappa shape index (κ2) is 8.03. The molecule has 1 atom stereocenters. The van der Waals surface area contributed by atoms with Crippen LogP contribution in [0.25, 0.3) is 11.0 Å². The smallest absolute Gasteiger partial charge is 0.227 e. The van der Waals surface area contributed by atoms with Gasteiger partial charge in [-0.05, 0) is 42.7 Å². The zero-order valence-electron chi connectivity index (χ0n) is 18.1. The van der Waals surface area contributed by atoms with Crippen LogP contribution in [0.3, 0.4) is 0 Å². The SMILES string of the molecule is CCc1ccccc1N1C[C@@H](c2nc3ccccc3n2Cc2ccc(C)cc2)CC1=O. The number of imidazole rings is 1. The van der Waals surface area contributed by atoms with Crippen LogP contribution >= 0.6 is 0 Å². The number of rotatable bonds is 5. The number of amides is 1. The van der Waals surface area contributed by atoms with Gasteiger partial charge in [0.05, 0.1) is 11.0 Å². The molecular formula is C27H27N3O. The molecule has 31 heavy (non-hydrogen) atoms. The summed E-state index contributed by atoms with van der Waals surface area (Å²) >= 11 is 0. The number of para-hydroxylation sites is 3. The number of hydrogen-bond donors (Lipinski definition) is 0. The van der Waals surface area contributed by atoms with Gasteiger partial charge >= 0.3 is 0 Å². The predicted octanol–water partition coefficient (Wildman–Crippen LogP) is 5.48. The summed E-state index contributed by atoms with van der Waals surface area (Å²) in [5.74, 6) is 1.27. The van der Waals surface area contributed by atoms with Crippen LogP contribution in [0.4, 0.5) is 5.69 Å². The molecular weight excluding hydrogens is 382 g/mol. The quantitative estimate of drug-likeness (QED) is 0.438. The molecule has 0 N–H and O–H groups in total. The molecule has 1 aromatic heterocycles. The normalized spacial score (nSPS) is 16.4. The van der Waals surface area contributed by atoms with E-state index in [1.54, 1.807) is 0 Å². The number of aromatic nitrogens is 2. The van der Waals surface area contributed by atoms with Crippen molar-refractivity contribution >= 4 is 22.6 Å². The van der Waals surface area contributed by atoms with E-state index in [9.17, 15) is 4.79 Å². The lowest BCUT2D eigenvalue weighted by molar-refractivity contribution is -0.117. The summed E-state index contributed by atoms with van der Waals surface area (Å²) in [6, 6.07) is 25.2. The van der Waals surface area contributed by atoms with E-state index in [1.807, 2.05) is 23.1 Å². The maximum Gasteiger partial charge on any atom is 0.227 e. The highest BCUT2D eigenvalue weighted by Crippen LogP contribution is 2.35. The molecule has 4 nitrogen and oxygen atoms in total. The van der Waals surface area contributed by atoms with Gasteiger partial charge in [0.2, 0.25) is 5.91 Å². The molecule has 0 unspecified atom stereocenters. The molecule has 0 aliphatic carbocycles. The Morgan fingerprint density at radius 2 is 1.71 bits per heavy atom. The zero-order valence-corrected chi connectivity index (χ0v) is 18.1. The molecule has 1 amide bonds. The highest BCUT2D eigenvalue weighted by molar-refractivity contribution is 5.97. The number of benzene rings is 3. The largest absolute Gasteiger partial charge is 0.323 e. The maximum atomic E-state index is 13.0. The molecule has 0 spiro atoms. The number of anilines is 1. The Kier molecular flexibility index (Phi) is 5.06. The summed E-state index contributed by atoms with van der Waals surface area (Å²) in [7, 11) is 0. The van der Waals surface area contributed by atoms with Crippen molar-refractivity contribution in [2.24, 2.45) is 0 Å². The Balaban J connectivity index is 1.53. The van der Waals surface area contributed by atoms with Crippen LogP contribution in [0.15, 0.2) is 72.8 Å². The van der Waals surface area contributed by atoms with Gasteiger partial charge in [0.1, 0.15) is 5.82 Å². The van der Waals surface area contributed by atoms with Gasteiger partial charge < -0.3 is 9.47 Å². The van der Waals surface area contributed by atoms with E-state index in [2.05, 4.69) is 73.0 Å². The van der Waals surface area contributed by atoms with Crippen molar-refractivity contribution in [3.05, 3.63) is 95.3 Å². The molecule has 1 aliphatic heterocycles. The molecule has 2 heterocycles. The number of aryl methyl sites for hydroxylation is 2. The van der Waals surface area contributed by atoms with Crippen molar-refractivity contribution in [1.29, 1.82) is 0 Å². The number of nitrogens with zero attached hydrogens (tertiary/aromatic N) is 3. The lowest BCUT2D eigenvalue weighted by atomic mass is 10.1. The highest BCUT2D eigenvalue weighted by atomic mass is 16.2. The number of carbonyl (C=O) groups is 1. The monoisotopic (exact) mass is 409 g/mol. The van der Waals surface area contributed by atoms with E-state index in [0.29, 0.717) is 13.0 Å². The fraction of sp³-hybridized carbons (Fsp3) is 0.259. The van der Waals surface area contributed by atoms with Crippen molar-refractivity contribution in [1.82, 2.24) is 9.55 Å². The Morgan fingerprint density at radius 1 is 0.968 bits per heavy atom. The molecule has 156 valence electrons. The first-order valence-electron chi connectivity index (χ1n) is 11.0. The summed E-state index contributed by atoms with van der Waals surface area (Å²) < 4.78 is 2.30. The summed E-state index contributed by atoms with van der Waals surface area (Å²) in [4.78, 5) is 20.0. The third-order valence-corrected chi connectivity index (χ3v) is 6.30. The Morgan fingerprint density at radius 3 is 2.52 bits per heavy atom. The molecule has 3 aromatic carbocycles. The predicted molar refractivity (Wildman–Crippen MR) is 126 cm³/mol. The van der Waals surface area contributed by atoms with Crippen molar-refractivity contribution in [2.75, 3.05) is 11.4 Å². The van der Waals surface area contributed by atoms with Gasteiger partial charge in [0.15, 0.2) is 0 Å². The third kappa shape index (κ3) is 3.63. The highest BCUT2D eigenvalue weighted by Gasteiger charge is 2.35. The van der Waals surface area contributed by atoms with Gasteiger partial charge in [0.25, 0.3) is 0 Å². The van der Waals surface area contributed by atoms with Gasteiger partial charge in [-0.15, -0.1) is 0 Å². The standard InChI is InChI=1S/C27H27N3O/c1-3-21-8-4-6-10-24(21)29-18-22(16-26(29)31)27-28-23-9-5-7-11-25(23)30(27)17-20-14-12-19(2)13-15-20/h4-15,22H,3,16-18H2,1-2H3/t22-/m0/s1. The molecule has 0 saturated carbocycles. The van der Waals surface area contributed by atoms with Crippen LogP contribution in [0.2, 0.25) is 0 Å². The van der Waals surface area contributed by atoms with Crippen molar-refractivity contribution < 1.29 is 4.79 Å². The van der Waals surface area contributed by atoms with Crippen LogP contribution < -0.4 is 4.90 Å². The van der Waals surface area contributed by atoms with Crippen LogP contribution in [-0.2, 0) is 17.8 Å². The average molecular weight is 410 g/mol. The van der Waals surface area contributed by atoms with Crippen LogP contribution in [0.1, 0.15) is 41.8 Å². The summed E-state index contributed by atoms with van der Waals surface area (Å²) in [5.41, 5.74) is 6.87. The molecule has 1 aliphatic rings. The lowest BCUT2D eigenvalue weighted by Gasteiger charge is -2.20. The van der Waals surface area contributed by atoms with Gasteiger partial charge in [-0.1, -0.05) is 67.1 Å². The van der Waals surface area contributed by atoms with Crippen LogP contribution in [-0.4, -0.2) is 22.0 Å². The number of fused-ring (bicyclic) bond motifs is 1. The minimum atomic E-state index is 0.0789. The Labute approximate surface area is 183 Å². The first-order chi connectivity index (χ1) is 15.1. The van der Waals surface area contributed by atoms with E-state index in [1.165, 1.54) is 16.7 Å². The number of hydrogen-bond acceptors (Lipinski definition) is 2. The van der Waals surface area contributed by atoms with Crippen molar-refractivity contribution in [2.45, 2.75) is 39.2 Å². The molecule has 5 rings (SSSR count). The summed E-state index contributed by atoms with van der Waals surface area (Å²) in [6.45, 7) is 5.67. The zero-order chi connectivity index (χ0) is 21.4. The Bertz CT molecular complexity index is 1240. The first kappa shape index (κ1) is 19.6. The van der Waals surface area contributed by atoms with Crippen LogP contribution in [0, 0.1) is 6.92 Å². The molecule has 4 aromatic rings. The van der Waals surface area contributed by atoms with Crippen molar-refractivity contribution in [3.8, 4) is 0 Å². The fourth-order valence-electron chi connectivity index (χ4n) is 4.63. The van der Waals surface area contributed by atoms with E-state index in [-0.39, 0.29) is 11.8 Å². The van der Waals surface area contributed by atoms with Gasteiger partial charge in [-0.25, -0.2) is 4.98 Å². The van der Waals surface area contributed by atoms with Crippen molar-refractivity contribution in [3.63, 3.8) is 0 Å². The minimum Gasteiger partial charge on any atom is -0.323 e. The van der Waals surface area contributed by atoms with Gasteiger partial charge in [0, 0.05) is 31.1 Å². The molecule has 1 saturated heterocycles. The summed E-state index contributed by atoms with van der Waals surface area (Å²) in [6.07, 6.45) is 1.41. The molecule has 1 fully saturated rings. The lowest BCUT2D eigenvalue weighted by Crippen LogP contribution is -2.25. The van der Waals surface area contributed by atoms with E-state index >= 15 is 0 Å².